The van der Waals surface area contributed by atoms with E-state index in [4.69, 9.17) is 0 Å². The van der Waals surface area contributed by atoms with Gasteiger partial charge in [-0.25, -0.2) is 0 Å². The molecule has 1 saturated carbocycles. The van der Waals surface area contributed by atoms with E-state index in [1.807, 2.05) is 19.3 Å². The number of aryl methyl sites for hydroxylation is 1. The zero-order valence-corrected chi connectivity index (χ0v) is 15.1. The minimum absolute atomic E-state index is 0.527. The van der Waals surface area contributed by atoms with Gasteiger partial charge in [0.1, 0.15) is 0 Å². The largest absolute Gasteiger partial charge is 0.354 e. The number of aliphatic imine (C=N–C) groups is 1. The average Bonchev–Trinajstić information content (AvgIpc) is 3.15. The highest BCUT2D eigenvalue weighted by atomic mass is 15.2. The molecule has 1 saturated heterocycles. The first kappa shape index (κ1) is 17.2. The van der Waals surface area contributed by atoms with Crippen molar-refractivity contribution in [3.05, 3.63) is 29.6 Å². The zero-order chi connectivity index (χ0) is 16.8. The van der Waals surface area contributed by atoms with Gasteiger partial charge in [-0.05, 0) is 44.2 Å². The topological polar surface area (TPSA) is 52.6 Å². The van der Waals surface area contributed by atoms with Crippen LogP contribution in [0.2, 0.25) is 0 Å². The summed E-state index contributed by atoms with van der Waals surface area (Å²) < 4.78 is 0. The minimum atomic E-state index is 0.527. The molecule has 0 atom stereocenters. The molecule has 2 aliphatic rings. The molecule has 3 rings (SSSR count). The first-order valence-corrected chi connectivity index (χ1v) is 9.38. The molecule has 1 aliphatic heterocycles. The highest BCUT2D eigenvalue weighted by Gasteiger charge is 2.27. The highest BCUT2D eigenvalue weighted by molar-refractivity contribution is 5.79. The summed E-state index contributed by atoms with van der Waals surface area (Å²) in [6.07, 6.45) is 9.92. The number of nitrogens with zero attached hydrogens (tertiary/aromatic N) is 3. The Morgan fingerprint density at radius 2 is 2.00 bits per heavy atom. The second-order valence-electron chi connectivity index (χ2n) is 7.09. The molecule has 0 bridgehead atoms. The van der Waals surface area contributed by atoms with Crippen molar-refractivity contribution in [3.63, 3.8) is 0 Å². The van der Waals surface area contributed by atoms with Crippen LogP contribution in [0.25, 0.3) is 0 Å². The molecule has 0 aromatic carbocycles. The molecule has 24 heavy (non-hydrogen) atoms. The standard InChI is InChI=1S/C19H31N5/c1-15-6-5-11-21-18(15)14-22-19(20-2)23-16-9-12-24(13-10-16)17-7-3-4-8-17/h5-6,11,16-17H,3-4,7-10,12-14H2,1-2H3,(H2,20,22,23). The highest BCUT2D eigenvalue weighted by Crippen LogP contribution is 2.26. The number of rotatable bonds is 4. The van der Waals surface area contributed by atoms with Crippen molar-refractivity contribution in [2.45, 2.75) is 64.1 Å². The Hall–Kier alpha value is -1.62. The molecule has 1 aliphatic carbocycles. The average molecular weight is 329 g/mol. The Labute approximate surface area is 146 Å². The van der Waals surface area contributed by atoms with E-state index in [1.54, 1.807) is 0 Å². The predicted molar refractivity (Wildman–Crippen MR) is 99.2 cm³/mol. The molecule has 2 heterocycles. The molecular formula is C19H31N5. The summed E-state index contributed by atoms with van der Waals surface area (Å²) in [6, 6.07) is 5.46. The van der Waals surface area contributed by atoms with Crippen LogP contribution in [0.5, 0.6) is 0 Å². The van der Waals surface area contributed by atoms with E-state index in [0.29, 0.717) is 12.6 Å². The van der Waals surface area contributed by atoms with Crippen LogP contribution in [-0.2, 0) is 6.54 Å². The monoisotopic (exact) mass is 329 g/mol. The predicted octanol–water partition coefficient (Wildman–Crippen LogP) is 2.46. The summed E-state index contributed by atoms with van der Waals surface area (Å²) in [7, 11) is 1.84. The zero-order valence-electron chi connectivity index (χ0n) is 15.1. The lowest BCUT2D eigenvalue weighted by atomic mass is 10.0. The quantitative estimate of drug-likeness (QED) is 0.658. The fourth-order valence-electron chi connectivity index (χ4n) is 3.94. The van der Waals surface area contributed by atoms with Crippen LogP contribution in [0.15, 0.2) is 23.3 Å². The van der Waals surface area contributed by atoms with Gasteiger partial charge in [0, 0.05) is 38.4 Å². The summed E-state index contributed by atoms with van der Waals surface area (Å²) in [5.74, 6) is 0.888. The van der Waals surface area contributed by atoms with Crippen LogP contribution in [0.4, 0.5) is 0 Å². The van der Waals surface area contributed by atoms with Gasteiger partial charge >= 0.3 is 0 Å². The van der Waals surface area contributed by atoms with E-state index in [0.717, 1.165) is 17.7 Å². The maximum Gasteiger partial charge on any atom is 0.191 e. The minimum Gasteiger partial charge on any atom is -0.354 e. The van der Waals surface area contributed by atoms with Gasteiger partial charge in [0.2, 0.25) is 0 Å². The maximum atomic E-state index is 4.43. The van der Waals surface area contributed by atoms with Gasteiger partial charge in [-0.15, -0.1) is 0 Å². The van der Waals surface area contributed by atoms with E-state index >= 15 is 0 Å². The second-order valence-corrected chi connectivity index (χ2v) is 7.09. The molecule has 0 unspecified atom stereocenters. The number of piperidine rings is 1. The summed E-state index contributed by atoms with van der Waals surface area (Å²) in [5.41, 5.74) is 2.29. The molecule has 132 valence electrons. The molecular weight excluding hydrogens is 298 g/mol. The fraction of sp³-hybridized carbons (Fsp3) is 0.684. The van der Waals surface area contributed by atoms with Crippen LogP contribution < -0.4 is 10.6 Å². The summed E-state index contributed by atoms with van der Waals surface area (Å²) >= 11 is 0. The Morgan fingerprint density at radius 1 is 1.25 bits per heavy atom. The smallest absolute Gasteiger partial charge is 0.191 e. The molecule has 5 nitrogen and oxygen atoms in total. The van der Waals surface area contributed by atoms with Crippen molar-refractivity contribution < 1.29 is 0 Å². The molecule has 2 N–H and O–H groups in total. The molecule has 2 fully saturated rings. The van der Waals surface area contributed by atoms with Gasteiger partial charge in [0.05, 0.1) is 12.2 Å². The van der Waals surface area contributed by atoms with Gasteiger partial charge in [0.25, 0.3) is 0 Å². The number of hydrogen-bond acceptors (Lipinski definition) is 3. The van der Waals surface area contributed by atoms with E-state index in [2.05, 4.69) is 38.5 Å². The molecule has 0 radical (unpaired) electrons. The van der Waals surface area contributed by atoms with Gasteiger partial charge in [-0.3, -0.25) is 9.98 Å². The Balaban J connectivity index is 1.44. The summed E-state index contributed by atoms with van der Waals surface area (Å²) in [5, 5.41) is 6.99. The second kappa shape index (κ2) is 8.47. The third-order valence-electron chi connectivity index (χ3n) is 5.48. The van der Waals surface area contributed by atoms with Crippen molar-refractivity contribution in [1.82, 2.24) is 20.5 Å². The van der Waals surface area contributed by atoms with Crippen molar-refractivity contribution in [2.24, 2.45) is 4.99 Å². The van der Waals surface area contributed by atoms with Crippen molar-refractivity contribution in [2.75, 3.05) is 20.1 Å². The summed E-state index contributed by atoms with van der Waals surface area (Å²) in [4.78, 5) is 11.5. The molecule has 1 aromatic heterocycles. The SMILES string of the molecule is CN=C(NCc1ncccc1C)NC1CCN(C2CCCC2)CC1. The van der Waals surface area contributed by atoms with Crippen LogP contribution >= 0.6 is 0 Å². The van der Waals surface area contributed by atoms with E-state index in [9.17, 15) is 0 Å². The van der Waals surface area contributed by atoms with Crippen molar-refractivity contribution >= 4 is 5.96 Å². The molecule has 0 amide bonds. The molecule has 1 aromatic rings. The number of pyridine rings is 1. The van der Waals surface area contributed by atoms with Crippen molar-refractivity contribution in [3.8, 4) is 0 Å². The van der Waals surface area contributed by atoms with Gasteiger partial charge in [0.15, 0.2) is 5.96 Å². The Morgan fingerprint density at radius 3 is 2.67 bits per heavy atom. The van der Waals surface area contributed by atoms with E-state index in [1.165, 1.54) is 57.2 Å². The number of aromatic nitrogens is 1. The molecule has 5 heteroatoms. The number of hydrogen-bond donors (Lipinski definition) is 2. The maximum absolute atomic E-state index is 4.43. The summed E-state index contributed by atoms with van der Waals surface area (Å²) in [6.45, 7) is 5.25. The van der Waals surface area contributed by atoms with Crippen LogP contribution in [0.3, 0.4) is 0 Å². The fourth-order valence-corrected chi connectivity index (χ4v) is 3.94. The van der Waals surface area contributed by atoms with Gasteiger partial charge < -0.3 is 15.5 Å². The van der Waals surface area contributed by atoms with E-state index < -0.39 is 0 Å². The number of likely N-dealkylation sites (tertiary alicyclic amines) is 1. The first-order valence-electron chi connectivity index (χ1n) is 9.38. The molecule has 0 spiro atoms. The normalized spacial score (nSPS) is 21.2. The lowest BCUT2D eigenvalue weighted by Crippen LogP contribution is -2.50. The first-order chi connectivity index (χ1) is 11.8. The van der Waals surface area contributed by atoms with Crippen LogP contribution in [-0.4, -0.2) is 48.1 Å². The third kappa shape index (κ3) is 4.47. The van der Waals surface area contributed by atoms with Crippen LogP contribution in [0.1, 0.15) is 49.8 Å². The van der Waals surface area contributed by atoms with Gasteiger partial charge in [-0.2, -0.15) is 0 Å². The lowest BCUT2D eigenvalue weighted by molar-refractivity contribution is 0.150. The Kier molecular flexibility index (Phi) is 6.07. The lowest BCUT2D eigenvalue weighted by Gasteiger charge is -2.36. The van der Waals surface area contributed by atoms with Crippen molar-refractivity contribution in [1.29, 1.82) is 0 Å². The third-order valence-corrected chi connectivity index (χ3v) is 5.48. The Bertz CT molecular complexity index is 542. The number of nitrogens with one attached hydrogen (secondary N) is 2. The van der Waals surface area contributed by atoms with Crippen LogP contribution in [0, 0.1) is 6.92 Å². The van der Waals surface area contributed by atoms with E-state index in [-0.39, 0.29) is 0 Å². The van der Waals surface area contributed by atoms with Gasteiger partial charge in [-0.1, -0.05) is 18.9 Å². The number of guanidine groups is 1.